The SMILES string of the molecule is CC(=O)N[C@H]1[C@H](O[C@@H]2c3ccc(c(Cl)c3)Oc3cc4cc(c3O)Oc3ccc(cc3Cl)C[C@H]3NC(=O)[C@H](N)c5ccc(O)c(c5)Oc5cc(O)cc(c5)[C@H](NC3=O)C(=O)N[C@H]4C(=O)N[C@H]3C(=O)N[C@@H]2C(=O)NC(C(=O)O)c2cc(O)cc(O)c2-c2cc3ccc2O)O[C@H](CO)[C@@H](O)[C@@H]1O. The Morgan fingerprint density at radius 1 is 0.576 bits per heavy atom. The third-order valence-corrected chi connectivity index (χ3v) is 17.5. The maximum absolute atomic E-state index is 16.1. The lowest BCUT2D eigenvalue weighted by Gasteiger charge is -2.44. The van der Waals surface area contributed by atoms with Gasteiger partial charge in [0.05, 0.1) is 16.7 Å². The van der Waals surface area contributed by atoms with E-state index in [1.54, 1.807) is 0 Å². The van der Waals surface area contributed by atoms with Crippen molar-refractivity contribution in [3.8, 4) is 80.1 Å². The maximum atomic E-state index is 16.1. The van der Waals surface area contributed by atoms with Crippen molar-refractivity contribution in [2.45, 2.75) is 92.4 Å². The van der Waals surface area contributed by atoms with Gasteiger partial charge in [-0.3, -0.25) is 33.6 Å². The van der Waals surface area contributed by atoms with E-state index in [-0.39, 0.29) is 62.3 Å². The molecule has 0 radical (unpaired) electrons. The fourth-order valence-corrected chi connectivity index (χ4v) is 12.6. The number of carboxylic acid groups (broad SMARTS) is 1. The summed E-state index contributed by atoms with van der Waals surface area (Å²) in [6.07, 6.45) is -10.2. The summed E-state index contributed by atoms with van der Waals surface area (Å²) in [6, 6.07) is 4.95. The van der Waals surface area contributed by atoms with E-state index in [1.807, 2.05) is 0 Å². The molecule has 0 spiro atoms. The number of nitrogens with two attached hydrogens (primary N) is 1. The van der Waals surface area contributed by atoms with Gasteiger partial charge in [0.1, 0.15) is 107 Å². The number of nitrogens with one attached hydrogen (secondary N) is 7. The molecule has 99 heavy (non-hydrogen) atoms. The number of halogens is 2. The molecule has 33 heteroatoms. The Hall–Kier alpha value is -11.2. The average molecular weight is 1400 g/mol. The topological polar surface area (TPSA) is 495 Å². The minimum Gasteiger partial charge on any atom is -0.508 e. The smallest absolute Gasteiger partial charge is 0.330 e. The molecule has 31 nitrogen and oxygen atoms in total. The van der Waals surface area contributed by atoms with Gasteiger partial charge < -0.3 is 118 Å². The molecule has 514 valence electrons. The molecule has 19 N–H and O–H groups in total. The monoisotopic (exact) mass is 1400 g/mol. The first-order valence-corrected chi connectivity index (χ1v) is 30.8. The van der Waals surface area contributed by atoms with E-state index in [9.17, 15) is 65.4 Å². The van der Waals surface area contributed by atoms with Crippen LogP contribution < -0.4 is 57.2 Å². The number of carbonyl (C=O) groups is 8. The molecule has 17 bridgehead atoms. The zero-order chi connectivity index (χ0) is 70.7. The van der Waals surface area contributed by atoms with E-state index in [0.29, 0.717) is 0 Å². The summed E-state index contributed by atoms with van der Waals surface area (Å²) in [4.78, 5) is 119. The molecular weight excluding hydrogens is 1340 g/mol. The van der Waals surface area contributed by atoms with Crippen LogP contribution in [0.2, 0.25) is 10.0 Å². The first kappa shape index (κ1) is 67.8. The van der Waals surface area contributed by atoms with Crippen LogP contribution in [-0.2, 0) is 54.3 Å². The quantitative estimate of drug-likeness (QED) is 0.118. The molecule has 13 atom stereocenters. The largest absolute Gasteiger partial charge is 0.508 e. The van der Waals surface area contributed by atoms with Crippen LogP contribution in [0.4, 0.5) is 0 Å². The number of fused-ring (bicyclic) bond motifs is 14. The number of rotatable bonds is 5. The predicted octanol–water partition coefficient (Wildman–Crippen LogP) is 2.95. The van der Waals surface area contributed by atoms with Crippen LogP contribution in [-0.4, -0.2) is 148 Å². The Morgan fingerprint density at radius 2 is 1.17 bits per heavy atom. The van der Waals surface area contributed by atoms with Crippen molar-refractivity contribution in [3.63, 3.8) is 0 Å². The van der Waals surface area contributed by atoms with Gasteiger partial charge in [0.2, 0.25) is 47.1 Å². The number of aliphatic hydroxyl groups excluding tert-OH is 3. The van der Waals surface area contributed by atoms with Crippen LogP contribution in [0.1, 0.15) is 82.2 Å². The van der Waals surface area contributed by atoms with Crippen molar-refractivity contribution >= 4 is 70.5 Å². The van der Waals surface area contributed by atoms with Gasteiger partial charge in [-0.1, -0.05) is 47.5 Å². The number of amides is 7. The Balaban J connectivity index is 1.10. The second kappa shape index (κ2) is 27.0. The summed E-state index contributed by atoms with van der Waals surface area (Å²) in [6.45, 7) is 0.0228. The first-order valence-electron chi connectivity index (χ1n) is 30.0. The lowest BCUT2D eigenvalue weighted by atomic mass is 9.89. The van der Waals surface area contributed by atoms with Crippen LogP contribution >= 0.6 is 23.2 Å². The number of aromatic hydroxyl groups is 6. The first-order chi connectivity index (χ1) is 47.1. The van der Waals surface area contributed by atoms with E-state index in [4.69, 9.17) is 52.6 Å². The third kappa shape index (κ3) is 13.5. The van der Waals surface area contributed by atoms with Crippen molar-refractivity contribution in [1.29, 1.82) is 0 Å². The number of phenols is 6. The number of phenolic OH excluding ortho intramolecular Hbond substituents is 6. The number of ether oxygens (including phenoxy) is 5. The molecule has 7 aliphatic heterocycles. The summed E-state index contributed by atoms with van der Waals surface area (Å²) in [5, 5.41) is 130. The summed E-state index contributed by atoms with van der Waals surface area (Å²) in [5.41, 5.74) is 3.85. The normalized spacial score (nSPS) is 25.2. The molecule has 7 heterocycles. The Labute approximate surface area is 567 Å². The van der Waals surface area contributed by atoms with E-state index in [1.165, 1.54) is 48.5 Å². The van der Waals surface area contributed by atoms with Crippen molar-refractivity contribution in [3.05, 3.63) is 164 Å². The number of carbonyl (C=O) groups excluding carboxylic acids is 7. The lowest BCUT2D eigenvalue weighted by molar-refractivity contribution is -0.284. The van der Waals surface area contributed by atoms with Gasteiger partial charge in [0, 0.05) is 42.2 Å². The van der Waals surface area contributed by atoms with Gasteiger partial charge in [0.15, 0.2) is 35.3 Å². The fourth-order valence-electron chi connectivity index (χ4n) is 12.1. The molecule has 7 aliphatic rings. The molecule has 7 amide bonds. The Kier molecular flexibility index (Phi) is 18.5. The highest BCUT2D eigenvalue weighted by molar-refractivity contribution is 6.32. The zero-order valence-electron chi connectivity index (χ0n) is 51.0. The minimum absolute atomic E-state index is 0.0913. The highest BCUT2D eigenvalue weighted by Crippen LogP contribution is 2.49. The van der Waals surface area contributed by atoms with Gasteiger partial charge in [0.25, 0.3) is 0 Å². The standard InChI is InChI=1S/C66H58Cl2N8O23/c1-23(78)70-53-57(86)56(85)46(22-77)98-66(53)99-58-27-5-9-42(36(68)15-27)97-45-18-29-17-44(55(45)84)96-41-8-2-24(10-35(41)67)11-37-59(87)72-50(28-12-30(79)19-32(13-28)95-43-16-25(3-7-39(43)82)48(69)60(88)71-37)62(90)74-51(29)63(91)73-49-26-4-6-38(81)33(14-26)47-34(20-31(80)21-40(47)83)52(65(93)94)75-64(92)54(58)76-61(49)89/h2-10,12-21,37,46,48-54,56-58,66,77,79-86H,11,22,69H2,1H3,(H,70,78)(H,71,88)(H,72,87)(H,73,91)(H,74,90)(H,75,92)(H,76,89)(H,93,94)/t37-,46-,48-,49-,50+,51-,52?,53-,54+,56-,57-,58-,66+/m1/s1. The molecule has 0 aliphatic carbocycles. The van der Waals surface area contributed by atoms with Crippen molar-refractivity contribution in [2.24, 2.45) is 5.73 Å². The number of hydrogen-bond donors (Lipinski definition) is 18. The highest BCUT2D eigenvalue weighted by atomic mass is 35.5. The zero-order valence-corrected chi connectivity index (χ0v) is 52.5. The fraction of sp³-hybridized carbons (Fsp3) is 0.242. The maximum Gasteiger partial charge on any atom is 0.330 e. The molecule has 1 fully saturated rings. The summed E-state index contributed by atoms with van der Waals surface area (Å²) < 4.78 is 31.1. The average Bonchev–Trinajstić information content (AvgIpc) is 0.768. The van der Waals surface area contributed by atoms with Crippen LogP contribution in [0.15, 0.2) is 115 Å². The van der Waals surface area contributed by atoms with Crippen LogP contribution in [0.25, 0.3) is 11.1 Å². The number of carboxylic acids is 1. The van der Waals surface area contributed by atoms with Crippen molar-refractivity contribution in [1.82, 2.24) is 37.2 Å². The minimum atomic E-state index is -2.38. The highest BCUT2D eigenvalue weighted by Gasteiger charge is 2.49. The number of aliphatic carboxylic acids is 1. The second-order valence-corrected chi connectivity index (χ2v) is 24.5. The predicted molar refractivity (Wildman–Crippen MR) is 339 cm³/mol. The summed E-state index contributed by atoms with van der Waals surface area (Å²) in [7, 11) is 0. The molecule has 7 aromatic carbocycles. The summed E-state index contributed by atoms with van der Waals surface area (Å²) >= 11 is 14.0. The molecule has 1 saturated heterocycles. The van der Waals surface area contributed by atoms with Gasteiger partial charge in [-0.15, -0.1) is 0 Å². The van der Waals surface area contributed by atoms with Gasteiger partial charge in [-0.25, -0.2) is 4.79 Å². The van der Waals surface area contributed by atoms with E-state index in [0.717, 1.165) is 73.7 Å². The van der Waals surface area contributed by atoms with E-state index >= 15 is 24.0 Å². The summed E-state index contributed by atoms with van der Waals surface area (Å²) in [5.74, 6) is -17.0. The van der Waals surface area contributed by atoms with Gasteiger partial charge >= 0.3 is 5.97 Å². The Morgan fingerprint density at radius 3 is 1.83 bits per heavy atom. The van der Waals surface area contributed by atoms with Gasteiger partial charge in [-0.05, 0) is 112 Å². The number of aliphatic hydroxyl groups is 3. The number of hydrogen-bond acceptors (Lipinski definition) is 23. The van der Waals surface area contributed by atoms with Gasteiger partial charge in [-0.2, -0.15) is 0 Å². The second-order valence-electron chi connectivity index (χ2n) is 23.6. The van der Waals surface area contributed by atoms with Crippen molar-refractivity contribution < 1.29 is 113 Å². The third-order valence-electron chi connectivity index (χ3n) is 17.0. The van der Waals surface area contributed by atoms with E-state index in [2.05, 4.69) is 37.2 Å². The van der Waals surface area contributed by atoms with Crippen LogP contribution in [0, 0.1) is 0 Å². The van der Waals surface area contributed by atoms with E-state index < -0.39 is 206 Å². The van der Waals surface area contributed by atoms with Crippen LogP contribution in [0.5, 0.6) is 69.0 Å². The molecule has 14 rings (SSSR count). The molecular formula is C66H58Cl2N8O23. The molecule has 7 aromatic rings. The molecule has 1 unspecified atom stereocenters. The lowest BCUT2D eigenvalue weighted by Crippen LogP contribution is -2.65. The molecule has 0 saturated carbocycles. The van der Waals surface area contributed by atoms with Crippen LogP contribution in [0.3, 0.4) is 0 Å². The number of benzene rings is 7. The Bertz CT molecular complexity index is 4520. The molecule has 0 aromatic heterocycles. The van der Waals surface area contributed by atoms with Crippen molar-refractivity contribution in [2.75, 3.05) is 6.61 Å².